The molecule has 1 aliphatic heterocycles. The fourth-order valence-corrected chi connectivity index (χ4v) is 4.80. The number of nitrogens with zero attached hydrogens (tertiary/aromatic N) is 4. The number of sulfonamides is 1. The smallest absolute Gasteiger partial charge is 0.294 e. The third-order valence-corrected chi connectivity index (χ3v) is 6.64. The largest absolute Gasteiger partial charge is 0.437 e. The van der Waals surface area contributed by atoms with Crippen LogP contribution in [0.3, 0.4) is 0 Å². The lowest BCUT2D eigenvalue weighted by atomic mass is 10.2. The molecular formula is C20H19N5O5S. The lowest BCUT2D eigenvalue weighted by Crippen LogP contribution is -2.27. The minimum absolute atomic E-state index is 0.0913. The Morgan fingerprint density at radius 3 is 2.61 bits per heavy atom. The van der Waals surface area contributed by atoms with Gasteiger partial charge in [0.1, 0.15) is 11.4 Å². The number of rotatable bonds is 7. The van der Waals surface area contributed by atoms with E-state index in [9.17, 15) is 18.5 Å². The van der Waals surface area contributed by atoms with E-state index in [1.165, 1.54) is 35.0 Å². The Morgan fingerprint density at radius 2 is 1.90 bits per heavy atom. The van der Waals surface area contributed by atoms with Crippen molar-refractivity contribution in [3.8, 4) is 11.6 Å². The summed E-state index contributed by atoms with van der Waals surface area (Å²) in [6.45, 7) is 0.851. The lowest BCUT2D eigenvalue weighted by Gasteiger charge is -2.16. The first-order valence-electron chi connectivity index (χ1n) is 9.53. The highest BCUT2D eigenvalue weighted by Gasteiger charge is 2.29. The van der Waals surface area contributed by atoms with E-state index in [1.807, 2.05) is 0 Å². The summed E-state index contributed by atoms with van der Waals surface area (Å²) in [6.07, 6.45) is 6.06. The first-order valence-corrected chi connectivity index (χ1v) is 11.0. The van der Waals surface area contributed by atoms with Gasteiger partial charge in [0.05, 0.1) is 16.0 Å². The molecule has 31 heavy (non-hydrogen) atoms. The SMILES string of the molecule is O=[N+]([O-])c1cc(S(=O)(=O)N2CCCC2)ccc1Nc1cccc(Oc2cnccn2)c1. The third kappa shape index (κ3) is 4.62. The van der Waals surface area contributed by atoms with Crippen molar-refractivity contribution in [3.05, 3.63) is 71.2 Å². The van der Waals surface area contributed by atoms with Gasteiger partial charge in [-0.2, -0.15) is 4.31 Å². The molecule has 1 N–H and O–H groups in total. The standard InChI is InChI=1S/C20H19N5O5S/c26-25(27)19-13-17(31(28,29)24-10-1-2-11-24)6-7-18(19)23-15-4-3-5-16(12-15)30-20-14-21-8-9-22-20/h3-9,12-14,23H,1-2,10-11H2. The Bertz CT molecular complexity index is 1200. The summed E-state index contributed by atoms with van der Waals surface area (Å²) in [4.78, 5) is 18.9. The Hall–Kier alpha value is -3.57. The summed E-state index contributed by atoms with van der Waals surface area (Å²) >= 11 is 0. The summed E-state index contributed by atoms with van der Waals surface area (Å²) in [5.41, 5.74) is 0.363. The summed E-state index contributed by atoms with van der Waals surface area (Å²) in [5, 5.41) is 14.6. The Kier molecular flexibility index (Phi) is 5.78. The van der Waals surface area contributed by atoms with Gasteiger partial charge < -0.3 is 10.1 Å². The van der Waals surface area contributed by atoms with E-state index in [0.717, 1.165) is 18.9 Å². The van der Waals surface area contributed by atoms with Gasteiger partial charge >= 0.3 is 0 Å². The normalized spacial score (nSPS) is 14.3. The van der Waals surface area contributed by atoms with Crippen molar-refractivity contribution in [1.29, 1.82) is 0 Å². The molecule has 1 aliphatic rings. The molecule has 1 saturated heterocycles. The van der Waals surface area contributed by atoms with Crippen LogP contribution in [0.4, 0.5) is 17.1 Å². The van der Waals surface area contributed by atoms with Gasteiger partial charge in [-0.25, -0.2) is 13.4 Å². The number of nitro groups is 1. The second kappa shape index (κ2) is 8.66. The number of nitro benzene ring substituents is 1. The minimum Gasteiger partial charge on any atom is -0.437 e. The molecule has 0 spiro atoms. The van der Waals surface area contributed by atoms with Crippen molar-refractivity contribution in [2.75, 3.05) is 18.4 Å². The molecule has 0 radical (unpaired) electrons. The fraction of sp³-hybridized carbons (Fsp3) is 0.200. The average Bonchev–Trinajstić information content (AvgIpc) is 3.31. The lowest BCUT2D eigenvalue weighted by molar-refractivity contribution is -0.384. The molecule has 160 valence electrons. The quantitative estimate of drug-likeness (QED) is 0.434. The van der Waals surface area contributed by atoms with Crippen molar-refractivity contribution in [2.24, 2.45) is 0 Å². The molecule has 0 saturated carbocycles. The van der Waals surface area contributed by atoms with E-state index in [0.29, 0.717) is 30.4 Å². The monoisotopic (exact) mass is 441 g/mol. The van der Waals surface area contributed by atoms with Gasteiger partial charge in [-0.05, 0) is 37.1 Å². The second-order valence-corrected chi connectivity index (χ2v) is 8.78. The van der Waals surface area contributed by atoms with E-state index in [4.69, 9.17) is 4.74 Å². The van der Waals surface area contributed by atoms with E-state index < -0.39 is 14.9 Å². The highest BCUT2D eigenvalue weighted by molar-refractivity contribution is 7.89. The molecule has 11 heteroatoms. The van der Waals surface area contributed by atoms with Crippen LogP contribution in [0.15, 0.2) is 66.0 Å². The zero-order chi connectivity index (χ0) is 21.8. The molecule has 0 bridgehead atoms. The zero-order valence-corrected chi connectivity index (χ0v) is 17.2. The molecule has 0 aliphatic carbocycles. The van der Waals surface area contributed by atoms with Crippen molar-refractivity contribution < 1.29 is 18.1 Å². The van der Waals surface area contributed by atoms with Crippen LogP contribution in [0.25, 0.3) is 0 Å². The average molecular weight is 441 g/mol. The van der Waals surface area contributed by atoms with Gasteiger partial charge in [-0.3, -0.25) is 15.1 Å². The molecule has 0 atom stereocenters. The van der Waals surface area contributed by atoms with Crippen molar-refractivity contribution in [1.82, 2.24) is 14.3 Å². The van der Waals surface area contributed by atoms with E-state index >= 15 is 0 Å². The maximum atomic E-state index is 12.8. The van der Waals surface area contributed by atoms with Crippen molar-refractivity contribution >= 4 is 27.1 Å². The van der Waals surface area contributed by atoms with Crippen molar-refractivity contribution in [3.63, 3.8) is 0 Å². The molecule has 0 amide bonds. The van der Waals surface area contributed by atoms with Crippen LogP contribution in [-0.2, 0) is 10.0 Å². The molecular weight excluding hydrogens is 422 g/mol. The topological polar surface area (TPSA) is 128 Å². The summed E-state index contributed by atoms with van der Waals surface area (Å²) < 4.78 is 32.5. The molecule has 0 unspecified atom stereocenters. The van der Waals surface area contributed by atoms with Gasteiger partial charge in [0.2, 0.25) is 15.9 Å². The summed E-state index contributed by atoms with van der Waals surface area (Å²) in [6, 6.07) is 10.7. The maximum absolute atomic E-state index is 12.8. The first-order chi connectivity index (χ1) is 14.9. The third-order valence-electron chi connectivity index (χ3n) is 4.74. The summed E-state index contributed by atoms with van der Waals surface area (Å²) in [7, 11) is -3.76. The fourth-order valence-electron chi connectivity index (χ4n) is 3.26. The molecule has 2 aromatic carbocycles. The predicted octanol–water partition coefficient (Wildman–Crippen LogP) is 3.71. The van der Waals surface area contributed by atoms with Crippen LogP contribution in [0, 0.1) is 10.1 Å². The van der Waals surface area contributed by atoms with Crippen LogP contribution in [0.2, 0.25) is 0 Å². The molecule has 3 aromatic rings. The second-order valence-electron chi connectivity index (χ2n) is 6.85. The van der Waals surface area contributed by atoms with Gasteiger partial charge in [-0.1, -0.05) is 6.07 Å². The van der Waals surface area contributed by atoms with Crippen molar-refractivity contribution in [2.45, 2.75) is 17.7 Å². The molecule has 10 nitrogen and oxygen atoms in total. The number of benzene rings is 2. The predicted molar refractivity (Wildman–Crippen MR) is 113 cm³/mol. The number of hydrogen-bond acceptors (Lipinski definition) is 8. The molecule has 2 heterocycles. The van der Waals surface area contributed by atoms with Gasteiger partial charge in [0, 0.05) is 43.3 Å². The number of aromatic nitrogens is 2. The first kappa shape index (κ1) is 20.7. The van der Waals surface area contributed by atoms with E-state index in [2.05, 4.69) is 15.3 Å². The molecule has 1 aromatic heterocycles. The Balaban J connectivity index is 1.60. The number of nitrogens with one attached hydrogen (secondary N) is 1. The van der Waals surface area contributed by atoms with Crippen LogP contribution in [0.1, 0.15) is 12.8 Å². The highest BCUT2D eigenvalue weighted by Crippen LogP contribution is 2.33. The van der Waals surface area contributed by atoms with Gasteiger partial charge in [0.15, 0.2) is 0 Å². The molecule has 4 rings (SSSR count). The van der Waals surface area contributed by atoms with Crippen LogP contribution >= 0.6 is 0 Å². The number of ether oxygens (including phenoxy) is 1. The Morgan fingerprint density at radius 1 is 1.10 bits per heavy atom. The van der Waals surface area contributed by atoms with Crippen LogP contribution in [0.5, 0.6) is 11.6 Å². The van der Waals surface area contributed by atoms with E-state index in [-0.39, 0.29) is 16.3 Å². The molecule has 1 fully saturated rings. The zero-order valence-electron chi connectivity index (χ0n) is 16.3. The van der Waals surface area contributed by atoms with Gasteiger partial charge in [-0.15, -0.1) is 0 Å². The Labute approximate surface area is 178 Å². The summed E-state index contributed by atoms with van der Waals surface area (Å²) in [5.74, 6) is 0.767. The van der Waals surface area contributed by atoms with Crippen LogP contribution in [-0.4, -0.2) is 40.7 Å². The number of hydrogen-bond donors (Lipinski definition) is 1. The number of anilines is 2. The highest BCUT2D eigenvalue weighted by atomic mass is 32.2. The van der Waals surface area contributed by atoms with Gasteiger partial charge in [0.25, 0.3) is 5.69 Å². The maximum Gasteiger partial charge on any atom is 0.294 e. The van der Waals surface area contributed by atoms with Crippen LogP contribution < -0.4 is 10.1 Å². The van der Waals surface area contributed by atoms with E-state index in [1.54, 1.807) is 24.3 Å². The minimum atomic E-state index is -3.76.